The van der Waals surface area contributed by atoms with E-state index in [4.69, 9.17) is 11.6 Å². The van der Waals surface area contributed by atoms with Crippen LogP contribution in [0.4, 0.5) is 4.79 Å². The van der Waals surface area contributed by atoms with Crippen molar-refractivity contribution in [2.45, 2.75) is 44.3 Å². The topological polar surface area (TPSA) is 69.7 Å². The largest absolute Gasteiger partial charge is 0.334 e. The molecule has 6 nitrogen and oxygen atoms in total. The maximum absolute atomic E-state index is 13.5. The van der Waals surface area contributed by atoms with Crippen LogP contribution in [0.25, 0.3) is 6.08 Å². The Balaban J connectivity index is 1.39. The zero-order chi connectivity index (χ0) is 23.2. The van der Waals surface area contributed by atoms with Crippen molar-refractivity contribution in [3.8, 4) is 0 Å². The number of nitrogens with one attached hydrogen (secondary N) is 1. The van der Waals surface area contributed by atoms with Gasteiger partial charge in [-0.25, -0.2) is 4.79 Å². The number of hydrogen-bond acceptors (Lipinski definition) is 3. The Bertz CT molecular complexity index is 1140. The van der Waals surface area contributed by atoms with Crippen LogP contribution in [0.5, 0.6) is 0 Å². The zero-order valence-electron chi connectivity index (χ0n) is 18.5. The smallest absolute Gasteiger partial charge is 0.326 e. The summed E-state index contributed by atoms with van der Waals surface area (Å²) in [5.74, 6) is -0.268. The minimum absolute atomic E-state index is 0.0303. The van der Waals surface area contributed by atoms with E-state index in [0.29, 0.717) is 23.0 Å². The van der Waals surface area contributed by atoms with Crippen LogP contribution in [-0.4, -0.2) is 40.2 Å². The second kappa shape index (κ2) is 8.34. The molecule has 1 N–H and O–H groups in total. The number of rotatable bonds is 6. The number of hydrogen-bond donors (Lipinski definition) is 1. The van der Waals surface area contributed by atoms with Gasteiger partial charge in [-0.1, -0.05) is 66.6 Å². The molecule has 0 bridgehead atoms. The molecule has 1 saturated carbocycles. The molecule has 5 rings (SSSR count). The number of carbonyl (C=O) groups is 3. The van der Waals surface area contributed by atoms with Crippen molar-refractivity contribution >= 4 is 35.5 Å². The predicted molar refractivity (Wildman–Crippen MR) is 126 cm³/mol. The fraction of sp³-hybridized carbons (Fsp3) is 0.346. The Kier molecular flexibility index (Phi) is 5.49. The maximum atomic E-state index is 13.5. The molecule has 0 radical (unpaired) electrons. The first-order valence-electron chi connectivity index (χ1n) is 11.4. The fourth-order valence-corrected chi connectivity index (χ4v) is 5.39. The number of carbonyl (C=O) groups excluding carboxylic acids is 3. The van der Waals surface area contributed by atoms with Gasteiger partial charge in [-0.2, -0.15) is 0 Å². The fourth-order valence-electron chi connectivity index (χ4n) is 5.06. The van der Waals surface area contributed by atoms with Crippen LogP contribution in [-0.2, 0) is 21.7 Å². The van der Waals surface area contributed by atoms with Crippen molar-refractivity contribution in [1.29, 1.82) is 0 Å². The minimum atomic E-state index is -1.35. The highest BCUT2D eigenvalue weighted by Gasteiger charge is 2.55. The normalized spacial score (nSPS) is 22.3. The molecule has 2 fully saturated rings. The van der Waals surface area contributed by atoms with Gasteiger partial charge in [-0.15, -0.1) is 0 Å². The highest BCUT2D eigenvalue weighted by atomic mass is 35.5. The lowest BCUT2D eigenvalue weighted by Crippen LogP contribution is -2.49. The summed E-state index contributed by atoms with van der Waals surface area (Å²) in [4.78, 5) is 42.7. The standard InChI is InChI=1S/C26H26ClN3O3/c1-17(19-9-5-10-19)29(15-18-7-3-2-4-8-18)22(31)16-30-24(32)26(28-25(30)33)14-13-20-11-6-12-21(27)23(20)26/h2-4,6-8,11-14,17,19H,5,9-10,15-16H2,1H3,(H,28,33). The van der Waals surface area contributed by atoms with Gasteiger partial charge in [0.15, 0.2) is 5.54 Å². The minimum Gasteiger partial charge on any atom is -0.334 e. The molecule has 3 aliphatic rings. The predicted octanol–water partition coefficient (Wildman–Crippen LogP) is 4.33. The summed E-state index contributed by atoms with van der Waals surface area (Å²) in [7, 11) is 0. The molecule has 1 aliphatic heterocycles. The summed E-state index contributed by atoms with van der Waals surface area (Å²) in [6.45, 7) is 2.21. The van der Waals surface area contributed by atoms with E-state index in [1.165, 1.54) is 6.42 Å². The molecular formula is C26H26ClN3O3. The molecule has 1 saturated heterocycles. The third-order valence-corrected chi connectivity index (χ3v) is 7.53. The summed E-state index contributed by atoms with van der Waals surface area (Å²) < 4.78 is 0. The molecule has 2 unspecified atom stereocenters. The van der Waals surface area contributed by atoms with E-state index in [9.17, 15) is 14.4 Å². The van der Waals surface area contributed by atoms with Crippen molar-refractivity contribution in [3.05, 3.63) is 76.3 Å². The molecule has 2 aromatic rings. The van der Waals surface area contributed by atoms with Crippen molar-refractivity contribution in [1.82, 2.24) is 15.1 Å². The van der Waals surface area contributed by atoms with Crippen LogP contribution < -0.4 is 5.32 Å². The zero-order valence-corrected chi connectivity index (χ0v) is 19.2. The molecule has 1 spiro atoms. The second-order valence-corrected chi connectivity index (χ2v) is 9.51. The van der Waals surface area contributed by atoms with Gasteiger partial charge in [-0.05, 0) is 49.0 Å². The van der Waals surface area contributed by atoms with Crippen LogP contribution in [0.15, 0.2) is 54.6 Å². The molecule has 170 valence electrons. The molecule has 7 heteroatoms. The lowest BCUT2D eigenvalue weighted by molar-refractivity contribution is -0.141. The highest BCUT2D eigenvalue weighted by Crippen LogP contribution is 2.42. The third kappa shape index (κ3) is 3.62. The number of fused-ring (bicyclic) bond motifs is 2. The summed E-state index contributed by atoms with van der Waals surface area (Å²) in [5.41, 5.74) is 1.01. The molecule has 2 atom stereocenters. The number of nitrogens with zero attached hydrogens (tertiary/aromatic N) is 2. The first kappa shape index (κ1) is 21.7. The summed E-state index contributed by atoms with van der Waals surface area (Å²) >= 11 is 6.41. The van der Waals surface area contributed by atoms with Crippen LogP contribution >= 0.6 is 11.6 Å². The average Bonchev–Trinajstić information content (AvgIpc) is 3.25. The molecule has 33 heavy (non-hydrogen) atoms. The van der Waals surface area contributed by atoms with Gasteiger partial charge >= 0.3 is 6.03 Å². The monoisotopic (exact) mass is 463 g/mol. The highest BCUT2D eigenvalue weighted by molar-refractivity contribution is 6.32. The quantitative estimate of drug-likeness (QED) is 0.648. The van der Waals surface area contributed by atoms with E-state index in [1.54, 1.807) is 24.3 Å². The first-order valence-corrected chi connectivity index (χ1v) is 11.7. The number of urea groups is 1. The Hall–Kier alpha value is -3.12. The second-order valence-electron chi connectivity index (χ2n) is 9.11. The van der Waals surface area contributed by atoms with Gasteiger partial charge in [0.25, 0.3) is 5.91 Å². The number of amides is 4. The molecule has 1 heterocycles. The lowest BCUT2D eigenvalue weighted by Gasteiger charge is -2.39. The van der Waals surface area contributed by atoms with Crippen molar-refractivity contribution in [2.24, 2.45) is 5.92 Å². The molecule has 0 aromatic heterocycles. The molecule has 2 aliphatic carbocycles. The van der Waals surface area contributed by atoms with Crippen LogP contribution in [0.3, 0.4) is 0 Å². The average molecular weight is 464 g/mol. The van der Waals surface area contributed by atoms with Crippen molar-refractivity contribution in [3.63, 3.8) is 0 Å². The van der Waals surface area contributed by atoms with E-state index >= 15 is 0 Å². The Labute approximate surface area is 198 Å². The van der Waals surface area contributed by atoms with E-state index in [2.05, 4.69) is 12.2 Å². The number of benzene rings is 2. The van der Waals surface area contributed by atoms with Crippen LogP contribution in [0.1, 0.15) is 42.9 Å². The van der Waals surface area contributed by atoms with Gasteiger partial charge in [0.05, 0.1) is 0 Å². The first-order chi connectivity index (χ1) is 15.9. The third-order valence-electron chi connectivity index (χ3n) is 7.22. The van der Waals surface area contributed by atoms with E-state index in [0.717, 1.165) is 28.9 Å². The van der Waals surface area contributed by atoms with Gasteiger partial charge in [-0.3, -0.25) is 14.5 Å². The Morgan fingerprint density at radius 3 is 2.64 bits per heavy atom. The maximum Gasteiger partial charge on any atom is 0.326 e. The summed E-state index contributed by atoms with van der Waals surface area (Å²) in [6, 6.07) is 14.6. The van der Waals surface area contributed by atoms with Gasteiger partial charge in [0.1, 0.15) is 6.54 Å². The Morgan fingerprint density at radius 1 is 1.18 bits per heavy atom. The van der Waals surface area contributed by atoms with Gasteiger partial charge < -0.3 is 10.2 Å². The number of imide groups is 1. The molecule has 2 aromatic carbocycles. The number of halogens is 1. The van der Waals surface area contributed by atoms with Gasteiger partial charge in [0.2, 0.25) is 5.91 Å². The van der Waals surface area contributed by atoms with Gasteiger partial charge in [0, 0.05) is 23.2 Å². The van der Waals surface area contributed by atoms with Crippen molar-refractivity contribution in [2.75, 3.05) is 6.54 Å². The van der Waals surface area contributed by atoms with Crippen LogP contribution in [0, 0.1) is 5.92 Å². The van der Waals surface area contributed by atoms with Crippen LogP contribution in [0.2, 0.25) is 5.02 Å². The van der Waals surface area contributed by atoms with E-state index in [1.807, 2.05) is 41.3 Å². The summed E-state index contributed by atoms with van der Waals surface area (Å²) in [6.07, 6.45) is 6.79. The SMILES string of the molecule is CC(C1CCC1)N(Cc1ccccc1)C(=O)CN1C(=O)NC2(C=Cc3cccc(Cl)c32)C1=O. The molecular weight excluding hydrogens is 438 g/mol. The molecule has 4 amide bonds. The van der Waals surface area contributed by atoms with E-state index in [-0.39, 0.29) is 18.5 Å². The Morgan fingerprint density at radius 2 is 1.94 bits per heavy atom. The van der Waals surface area contributed by atoms with E-state index < -0.39 is 17.5 Å². The summed E-state index contributed by atoms with van der Waals surface area (Å²) in [5, 5.41) is 3.20. The lowest BCUT2D eigenvalue weighted by atomic mass is 9.79. The van der Waals surface area contributed by atoms with Crippen molar-refractivity contribution < 1.29 is 14.4 Å².